The number of aliphatic hydroxyl groups excluding tert-OH is 1. The van der Waals surface area contributed by atoms with E-state index in [0.29, 0.717) is 24.2 Å². The molecule has 0 fully saturated rings. The van der Waals surface area contributed by atoms with Crippen LogP contribution in [0.15, 0.2) is 6.07 Å². The molecule has 0 saturated carbocycles. The zero-order chi connectivity index (χ0) is 13.7. The molecule has 0 aromatic carbocycles. The van der Waals surface area contributed by atoms with Crippen LogP contribution in [0.5, 0.6) is 0 Å². The average molecular weight is 251 g/mol. The molecule has 0 aliphatic heterocycles. The summed E-state index contributed by atoms with van der Waals surface area (Å²) in [5.74, 6) is -0.0473. The Morgan fingerprint density at radius 3 is 2.61 bits per heavy atom. The summed E-state index contributed by atoms with van der Waals surface area (Å²) in [6, 6.07) is 1.86. The SMILES string of the molecule is Cc1cc(C(=O)N(CCCO)C(C)C)c(C)nn1. The number of aromatic nitrogens is 2. The number of hydrogen-bond acceptors (Lipinski definition) is 4. The van der Waals surface area contributed by atoms with E-state index in [0.717, 1.165) is 5.69 Å². The van der Waals surface area contributed by atoms with Crippen molar-refractivity contribution in [3.63, 3.8) is 0 Å². The maximum atomic E-state index is 12.4. The average Bonchev–Trinajstić information content (AvgIpc) is 2.32. The van der Waals surface area contributed by atoms with Gasteiger partial charge in [0.2, 0.25) is 0 Å². The van der Waals surface area contributed by atoms with Crippen molar-refractivity contribution in [1.82, 2.24) is 15.1 Å². The maximum Gasteiger partial charge on any atom is 0.256 e. The first-order valence-corrected chi connectivity index (χ1v) is 6.20. The topological polar surface area (TPSA) is 66.3 Å². The highest BCUT2D eigenvalue weighted by Crippen LogP contribution is 2.12. The number of rotatable bonds is 5. The van der Waals surface area contributed by atoms with Crippen LogP contribution in [-0.2, 0) is 0 Å². The lowest BCUT2D eigenvalue weighted by Gasteiger charge is -2.27. The van der Waals surface area contributed by atoms with E-state index in [-0.39, 0.29) is 18.6 Å². The molecule has 0 atom stereocenters. The van der Waals surface area contributed by atoms with Crippen molar-refractivity contribution >= 4 is 5.91 Å². The molecule has 1 amide bonds. The molecule has 5 heteroatoms. The second-order valence-corrected chi connectivity index (χ2v) is 4.65. The van der Waals surface area contributed by atoms with Crippen LogP contribution in [0.25, 0.3) is 0 Å². The number of carbonyl (C=O) groups excluding carboxylic acids is 1. The number of hydrogen-bond donors (Lipinski definition) is 1. The lowest BCUT2D eigenvalue weighted by Crippen LogP contribution is -2.38. The first kappa shape index (κ1) is 14.6. The van der Waals surface area contributed by atoms with Gasteiger partial charge >= 0.3 is 0 Å². The third-order valence-electron chi connectivity index (χ3n) is 2.77. The minimum atomic E-state index is -0.0473. The van der Waals surface area contributed by atoms with E-state index in [2.05, 4.69) is 10.2 Å². The molecule has 1 heterocycles. The van der Waals surface area contributed by atoms with E-state index < -0.39 is 0 Å². The summed E-state index contributed by atoms with van der Waals surface area (Å²) in [7, 11) is 0. The normalized spacial score (nSPS) is 10.8. The minimum absolute atomic E-state index is 0.0473. The number of carbonyl (C=O) groups is 1. The molecule has 1 aromatic rings. The van der Waals surface area contributed by atoms with Crippen LogP contribution in [0.1, 0.15) is 42.0 Å². The van der Waals surface area contributed by atoms with Crippen LogP contribution in [0.2, 0.25) is 0 Å². The standard InChI is InChI=1S/C13H21N3O2/c1-9(2)16(6-5-7-17)13(18)12-8-10(3)14-15-11(12)4/h8-9,17H,5-7H2,1-4H3. The number of amides is 1. The van der Waals surface area contributed by atoms with Crippen molar-refractivity contribution in [3.8, 4) is 0 Å². The second kappa shape index (κ2) is 6.44. The molecule has 0 saturated heterocycles. The molecule has 1 N–H and O–H groups in total. The Morgan fingerprint density at radius 2 is 2.06 bits per heavy atom. The number of nitrogens with zero attached hydrogens (tertiary/aromatic N) is 3. The Hall–Kier alpha value is -1.49. The number of aryl methyl sites for hydroxylation is 2. The number of aliphatic hydroxyl groups is 1. The molecule has 1 rings (SSSR count). The van der Waals surface area contributed by atoms with Crippen molar-refractivity contribution in [3.05, 3.63) is 23.0 Å². The fraction of sp³-hybridized carbons (Fsp3) is 0.615. The molecule has 18 heavy (non-hydrogen) atoms. The summed E-state index contributed by atoms with van der Waals surface area (Å²) >= 11 is 0. The summed E-state index contributed by atoms with van der Waals surface area (Å²) in [5.41, 5.74) is 1.96. The van der Waals surface area contributed by atoms with E-state index in [4.69, 9.17) is 5.11 Å². The van der Waals surface area contributed by atoms with Crippen LogP contribution < -0.4 is 0 Å². The molecule has 0 unspecified atom stereocenters. The monoisotopic (exact) mass is 251 g/mol. The van der Waals surface area contributed by atoms with Gasteiger partial charge in [0.05, 0.1) is 17.0 Å². The van der Waals surface area contributed by atoms with Crippen LogP contribution >= 0.6 is 0 Å². The smallest absolute Gasteiger partial charge is 0.256 e. The third-order valence-corrected chi connectivity index (χ3v) is 2.77. The Kier molecular flexibility index (Phi) is 5.22. The molecule has 0 radical (unpaired) electrons. The van der Waals surface area contributed by atoms with Crippen molar-refractivity contribution < 1.29 is 9.90 Å². The van der Waals surface area contributed by atoms with Gasteiger partial charge in [0.1, 0.15) is 0 Å². The molecule has 0 spiro atoms. The maximum absolute atomic E-state index is 12.4. The predicted molar refractivity (Wildman–Crippen MR) is 69.4 cm³/mol. The minimum Gasteiger partial charge on any atom is -0.396 e. The van der Waals surface area contributed by atoms with Gasteiger partial charge in [0, 0.05) is 19.2 Å². The van der Waals surface area contributed by atoms with Crippen LogP contribution in [0, 0.1) is 13.8 Å². The highest BCUT2D eigenvalue weighted by molar-refractivity contribution is 5.95. The quantitative estimate of drug-likeness (QED) is 0.857. The molecular weight excluding hydrogens is 230 g/mol. The molecule has 0 bridgehead atoms. The van der Waals surface area contributed by atoms with Gasteiger partial charge < -0.3 is 10.0 Å². The Morgan fingerprint density at radius 1 is 1.39 bits per heavy atom. The van der Waals surface area contributed by atoms with E-state index in [1.54, 1.807) is 17.9 Å². The molecular formula is C13H21N3O2. The molecule has 0 aliphatic carbocycles. The van der Waals surface area contributed by atoms with Gasteiger partial charge in [-0.2, -0.15) is 10.2 Å². The van der Waals surface area contributed by atoms with Crippen LogP contribution in [0.4, 0.5) is 0 Å². The second-order valence-electron chi connectivity index (χ2n) is 4.65. The van der Waals surface area contributed by atoms with Crippen molar-refractivity contribution in [2.75, 3.05) is 13.2 Å². The van der Waals surface area contributed by atoms with Crippen molar-refractivity contribution in [2.24, 2.45) is 0 Å². The molecule has 100 valence electrons. The van der Waals surface area contributed by atoms with Gasteiger partial charge in [-0.1, -0.05) is 0 Å². The first-order valence-electron chi connectivity index (χ1n) is 6.20. The lowest BCUT2D eigenvalue weighted by atomic mass is 10.1. The molecule has 0 aliphatic rings. The lowest BCUT2D eigenvalue weighted by molar-refractivity contribution is 0.0691. The Bertz CT molecular complexity index is 419. The molecule has 1 aromatic heterocycles. The van der Waals surface area contributed by atoms with Crippen LogP contribution in [-0.4, -0.2) is 45.3 Å². The van der Waals surface area contributed by atoms with Gasteiger partial charge in [-0.25, -0.2) is 0 Å². The van der Waals surface area contributed by atoms with Gasteiger partial charge in [-0.15, -0.1) is 0 Å². The summed E-state index contributed by atoms with van der Waals surface area (Å²) in [6.07, 6.45) is 0.584. The van der Waals surface area contributed by atoms with Crippen LogP contribution in [0.3, 0.4) is 0 Å². The van der Waals surface area contributed by atoms with Gasteiger partial charge in [-0.05, 0) is 40.2 Å². The van der Waals surface area contributed by atoms with E-state index in [9.17, 15) is 4.79 Å². The Labute approximate surface area is 108 Å². The summed E-state index contributed by atoms with van der Waals surface area (Å²) in [6.45, 7) is 8.16. The fourth-order valence-electron chi connectivity index (χ4n) is 1.76. The predicted octanol–water partition coefficient (Wildman–Crippen LogP) is 1.33. The zero-order valence-electron chi connectivity index (χ0n) is 11.5. The van der Waals surface area contributed by atoms with Gasteiger partial charge in [0.25, 0.3) is 5.91 Å². The van der Waals surface area contributed by atoms with E-state index in [1.165, 1.54) is 0 Å². The van der Waals surface area contributed by atoms with Crippen molar-refractivity contribution in [2.45, 2.75) is 40.2 Å². The highest BCUT2D eigenvalue weighted by Gasteiger charge is 2.20. The fourth-order valence-corrected chi connectivity index (χ4v) is 1.76. The Balaban J connectivity index is 2.98. The van der Waals surface area contributed by atoms with Gasteiger partial charge in [0.15, 0.2) is 0 Å². The van der Waals surface area contributed by atoms with E-state index >= 15 is 0 Å². The molecule has 5 nitrogen and oxygen atoms in total. The summed E-state index contributed by atoms with van der Waals surface area (Å²) in [5, 5.41) is 16.8. The zero-order valence-corrected chi connectivity index (χ0v) is 11.5. The van der Waals surface area contributed by atoms with Gasteiger partial charge in [-0.3, -0.25) is 4.79 Å². The third kappa shape index (κ3) is 3.50. The summed E-state index contributed by atoms with van der Waals surface area (Å²) in [4.78, 5) is 14.2. The highest BCUT2D eigenvalue weighted by atomic mass is 16.3. The van der Waals surface area contributed by atoms with E-state index in [1.807, 2.05) is 20.8 Å². The summed E-state index contributed by atoms with van der Waals surface area (Å²) < 4.78 is 0. The van der Waals surface area contributed by atoms with Crippen molar-refractivity contribution in [1.29, 1.82) is 0 Å². The largest absolute Gasteiger partial charge is 0.396 e. The first-order chi connectivity index (χ1) is 8.47.